The highest BCUT2D eigenvalue weighted by molar-refractivity contribution is 14.1. The second-order valence-corrected chi connectivity index (χ2v) is 6.48. The molecule has 0 bridgehead atoms. The second kappa shape index (κ2) is 4.81. The van der Waals surface area contributed by atoms with Crippen LogP contribution < -0.4 is 5.73 Å². The average Bonchev–Trinajstić information content (AvgIpc) is 2.68. The Hall–Kier alpha value is -0.460. The summed E-state index contributed by atoms with van der Waals surface area (Å²) in [6.45, 7) is 1.75. The molecule has 1 aromatic heterocycles. The van der Waals surface area contributed by atoms with Gasteiger partial charge in [-0.3, -0.25) is 0 Å². The fraction of sp³-hybridized carbons (Fsp3) is 0.167. The molecule has 2 rings (SSSR count). The Morgan fingerprint density at radius 3 is 2.62 bits per heavy atom. The third kappa shape index (κ3) is 2.44. The van der Waals surface area contributed by atoms with Crippen LogP contribution in [-0.2, 0) is 0 Å². The van der Waals surface area contributed by atoms with Crippen LogP contribution >= 0.6 is 33.9 Å². The molecule has 0 radical (unpaired) electrons. The van der Waals surface area contributed by atoms with Crippen LogP contribution in [0.1, 0.15) is 22.7 Å². The summed E-state index contributed by atoms with van der Waals surface area (Å²) in [4.78, 5) is 0. The topological polar surface area (TPSA) is 26.0 Å². The number of halogens is 2. The lowest BCUT2D eigenvalue weighted by Crippen LogP contribution is -2.11. The number of benzene rings is 1. The number of rotatable bonds is 2. The summed E-state index contributed by atoms with van der Waals surface area (Å²) in [5.41, 5.74) is 8.59. The third-order valence-corrected chi connectivity index (χ3v) is 4.31. The molecule has 1 aromatic carbocycles. The third-order valence-electron chi connectivity index (χ3n) is 2.50. The molecule has 1 atom stereocenters. The van der Waals surface area contributed by atoms with Gasteiger partial charge in [0, 0.05) is 0 Å². The highest BCUT2D eigenvalue weighted by Crippen LogP contribution is 2.26. The van der Waals surface area contributed by atoms with Gasteiger partial charge in [-0.1, -0.05) is 12.1 Å². The number of hydrogen-bond acceptors (Lipinski definition) is 2. The SMILES string of the molecule is Cc1ccc(C(N)c2csc(I)c2)cc1F. The van der Waals surface area contributed by atoms with Crippen molar-refractivity contribution >= 4 is 33.9 Å². The lowest BCUT2D eigenvalue weighted by Gasteiger charge is -2.11. The van der Waals surface area contributed by atoms with Gasteiger partial charge in [0.2, 0.25) is 0 Å². The monoisotopic (exact) mass is 347 g/mol. The molecule has 4 heteroatoms. The number of hydrogen-bond donors (Lipinski definition) is 1. The van der Waals surface area contributed by atoms with E-state index in [1.54, 1.807) is 24.3 Å². The largest absolute Gasteiger partial charge is 0.320 e. The van der Waals surface area contributed by atoms with Gasteiger partial charge in [0.05, 0.1) is 8.93 Å². The van der Waals surface area contributed by atoms with Gasteiger partial charge in [-0.05, 0) is 63.7 Å². The predicted molar refractivity (Wildman–Crippen MR) is 74.2 cm³/mol. The van der Waals surface area contributed by atoms with Crippen LogP contribution in [0.2, 0.25) is 0 Å². The van der Waals surface area contributed by atoms with E-state index in [2.05, 4.69) is 22.6 Å². The first-order chi connectivity index (χ1) is 7.58. The van der Waals surface area contributed by atoms with Crippen LogP contribution in [0.5, 0.6) is 0 Å². The van der Waals surface area contributed by atoms with Crippen molar-refractivity contribution in [1.82, 2.24) is 0 Å². The van der Waals surface area contributed by atoms with Crippen LogP contribution in [0, 0.1) is 15.6 Å². The van der Waals surface area contributed by atoms with Crippen molar-refractivity contribution in [2.45, 2.75) is 13.0 Å². The number of thiophene rings is 1. The minimum atomic E-state index is -0.241. The smallest absolute Gasteiger partial charge is 0.126 e. The van der Waals surface area contributed by atoms with E-state index < -0.39 is 0 Å². The van der Waals surface area contributed by atoms with Crippen LogP contribution in [0.15, 0.2) is 29.6 Å². The zero-order valence-electron chi connectivity index (χ0n) is 8.71. The van der Waals surface area contributed by atoms with Crippen molar-refractivity contribution in [2.75, 3.05) is 0 Å². The van der Waals surface area contributed by atoms with Gasteiger partial charge in [0.15, 0.2) is 0 Å². The minimum Gasteiger partial charge on any atom is -0.320 e. The zero-order chi connectivity index (χ0) is 11.7. The molecule has 16 heavy (non-hydrogen) atoms. The Morgan fingerprint density at radius 1 is 1.31 bits per heavy atom. The van der Waals surface area contributed by atoms with Gasteiger partial charge in [-0.25, -0.2) is 4.39 Å². The van der Waals surface area contributed by atoms with Crippen molar-refractivity contribution in [3.63, 3.8) is 0 Å². The van der Waals surface area contributed by atoms with E-state index in [4.69, 9.17) is 5.73 Å². The Labute approximate surface area is 112 Å². The quantitative estimate of drug-likeness (QED) is 0.821. The number of aryl methyl sites for hydroxylation is 1. The molecular formula is C12H11FINS. The van der Waals surface area contributed by atoms with E-state index in [0.717, 1.165) is 11.1 Å². The molecule has 2 aromatic rings. The van der Waals surface area contributed by atoms with E-state index >= 15 is 0 Å². The molecule has 84 valence electrons. The number of nitrogens with two attached hydrogens (primary N) is 1. The van der Waals surface area contributed by atoms with Gasteiger partial charge in [-0.2, -0.15) is 0 Å². The van der Waals surface area contributed by atoms with Crippen molar-refractivity contribution in [3.05, 3.63) is 55.0 Å². The second-order valence-electron chi connectivity index (χ2n) is 3.67. The molecule has 1 heterocycles. The summed E-state index contributed by atoms with van der Waals surface area (Å²) in [6, 6.07) is 6.96. The van der Waals surface area contributed by atoms with Crippen LogP contribution in [0.25, 0.3) is 0 Å². The lowest BCUT2D eigenvalue weighted by molar-refractivity contribution is 0.614. The summed E-state index contributed by atoms with van der Waals surface area (Å²) in [5.74, 6) is -0.196. The van der Waals surface area contributed by atoms with Crippen molar-refractivity contribution in [2.24, 2.45) is 5.73 Å². The van der Waals surface area contributed by atoms with Gasteiger partial charge >= 0.3 is 0 Å². The summed E-state index contributed by atoms with van der Waals surface area (Å²) in [7, 11) is 0. The molecule has 0 fully saturated rings. The van der Waals surface area contributed by atoms with Gasteiger partial charge in [0.25, 0.3) is 0 Å². The lowest BCUT2D eigenvalue weighted by atomic mass is 10.0. The van der Waals surface area contributed by atoms with Crippen molar-refractivity contribution in [3.8, 4) is 0 Å². The molecule has 0 spiro atoms. The Kier molecular flexibility index (Phi) is 3.61. The molecule has 2 N–H and O–H groups in total. The van der Waals surface area contributed by atoms with Crippen LogP contribution in [0.3, 0.4) is 0 Å². The molecule has 0 amide bonds. The van der Waals surface area contributed by atoms with Gasteiger partial charge in [0.1, 0.15) is 5.82 Å². The van der Waals surface area contributed by atoms with Crippen molar-refractivity contribution < 1.29 is 4.39 Å². The predicted octanol–water partition coefficient (Wildman–Crippen LogP) is 3.85. The van der Waals surface area contributed by atoms with E-state index in [-0.39, 0.29) is 11.9 Å². The molecule has 0 aliphatic rings. The van der Waals surface area contributed by atoms with E-state index in [9.17, 15) is 4.39 Å². The molecule has 0 saturated carbocycles. The Morgan fingerprint density at radius 2 is 2.06 bits per heavy atom. The molecule has 1 unspecified atom stereocenters. The van der Waals surface area contributed by atoms with Crippen LogP contribution in [-0.4, -0.2) is 0 Å². The molecule has 0 aliphatic carbocycles. The molecule has 1 nitrogen and oxygen atoms in total. The van der Waals surface area contributed by atoms with E-state index in [1.165, 1.54) is 8.95 Å². The maximum absolute atomic E-state index is 13.4. The first kappa shape index (κ1) is 12.0. The Bertz CT molecular complexity index is 509. The zero-order valence-corrected chi connectivity index (χ0v) is 11.7. The summed E-state index contributed by atoms with van der Waals surface area (Å²) < 4.78 is 14.6. The summed E-state index contributed by atoms with van der Waals surface area (Å²) in [6.07, 6.45) is 0. The van der Waals surface area contributed by atoms with E-state index in [1.807, 2.05) is 17.5 Å². The van der Waals surface area contributed by atoms with Crippen LogP contribution in [0.4, 0.5) is 4.39 Å². The molecule has 0 saturated heterocycles. The molecule has 0 aliphatic heterocycles. The average molecular weight is 347 g/mol. The first-order valence-electron chi connectivity index (χ1n) is 4.83. The Balaban J connectivity index is 2.33. The maximum atomic E-state index is 13.4. The standard InChI is InChI=1S/C12H11FINS/c1-7-2-3-8(4-10(7)13)12(15)9-5-11(14)16-6-9/h2-6,12H,15H2,1H3. The maximum Gasteiger partial charge on any atom is 0.126 e. The van der Waals surface area contributed by atoms with Gasteiger partial charge < -0.3 is 5.73 Å². The van der Waals surface area contributed by atoms with Crippen molar-refractivity contribution in [1.29, 1.82) is 0 Å². The summed E-state index contributed by atoms with van der Waals surface area (Å²) >= 11 is 3.90. The normalized spacial score (nSPS) is 12.8. The first-order valence-corrected chi connectivity index (χ1v) is 6.79. The van der Waals surface area contributed by atoms with E-state index in [0.29, 0.717) is 5.56 Å². The minimum absolute atomic E-state index is 0.196. The fourth-order valence-corrected chi connectivity index (χ4v) is 2.89. The summed E-state index contributed by atoms with van der Waals surface area (Å²) in [5, 5.41) is 2.02. The fourth-order valence-electron chi connectivity index (χ4n) is 1.48. The molecular weight excluding hydrogens is 336 g/mol. The highest BCUT2D eigenvalue weighted by Gasteiger charge is 2.11. The van der Waals surface area contributed by atoms with Gasteiger partial charge in [-0.15, -0.1) is 11.3 Å². The highest BCUT2D eigenvalue weighted by atomic mass is 127.